The van der Waals surface area contributed by atoms with Gasteiger partial charge in [-0.3, -0.25) is 4.79 Å². The van der Waals surface area contributed by atoms with Crippen LogP contribution in [0, 0.1) is 11.8 Å². The summed E-state index contributed by atoms with van der Waals surface area (Å²) in [4.78, 5) is 16.0. The summed E-state index contributed by atoms with van der Waals surface area (Å²) in [7, 11) is 7.57. The minimum absolute atomic E-state index is 0. The number of halogens is 1. The van der Waals surface area contributed by atoms with Gasteiger partial charge in [0.05, 0.1) is 41.0 Å². The summed E-state index contributed by atoms with van der Waals surface area (Å²) in [6, 6.07) is 36.4. The van der Waals surface area contributed by atoms with Crippen molar-refractivity contribution in [2.75, 3.05) is 47.9 Å². The van der Waals surface area contributed by atoms with E-state index in [1.54, 1.807) is 32.4 Å². The van der Waals surface area contributed by atoms with Crippen LogP contribution in [0.5, 0.6) is 11.5 Å². The number of aliphatic hydroxyl groups excluding tert-OH is 1. The zero-order valence-electron chi connectivity index (χ0n) is 29.0. The Hall–Kier alpha value is -3.69. The summed E-state index contributed by atoms with van der Waals surface area (Å²) in [5.74, 6) is 0.436. The Morgan fingerprint density at radius 1 is 0.837 bits per heavy atom. The highest BCUT2D eigenvalue weighted by atomic mass is 79.9. The van der Waals surface area contributed by atoms with Gasteiger partial charge in [0.1, 0.15) is 23.6 Å². The Kier molecular flexibility index (Phi) is 11.2. The molecule has 4 aromatic carbocycles. The van der Waals surface area contributed by atoms with Crippen LogP contribution in [0.1, 0.15) is 41.5 Å². The first-order valence-electron chi connectivity index (χ1n) is 17.0. The molecule has 7 nitrogen and oxygen atoms in total. The zero-order valence-corrected chi connectivity index (χ0v) is 30.6. The smallest absolute Gasteiger partial charge is 0.222 e. The van der Waals surface area contributed by atoms with E-state index >= 15 is 0 Å². The molecule has 1 amide bonds. The second-order valence-corrected chi connectivity index (χ2v) is 14.2. The van der Waals surface area contributed by atoms with Gasteiger partial charge < -0.3 is 46.1 Å². The number of hydrogen-bond donors (Lipinski definition) is 2. The number of fused-ring (bicyclic) bond motifs is 1. The molecule has 0 radical (unpaired) electrons. The molecule has 2 aliphatic rings. The predicted molar refractivity (Wildman–Crippen MR) is 188 cm³/mol. The largest absolute Gasteiger partial charge is 1.00 e. The number of benzene rings is 4. The molecule has 0 unspecified atom stereocenters. The molecule has 1 saturated heterocycles. The number of rotatable bonds is 11. The van der Waals surface area contributed by atoms with Gasteiger partial charge in [0.2, 0.25) is 5.91 Å². The van der Waals surface area contributed by atoms with Gasteiger partial charge in [0.15, 0.2) is 0 Å². The van der Waals surface area contributed by atoms with Gasteiger partial charge in [-0.25, -0.2) is 0 Å². The molecule has 4 aromatic rings. The molecule has 1 saturated carbocycles. The van der Waals surface area contributed by atoms with Gasteiger partial charge in [-0.1, -0.05) is 91.0 Å². The minimum Gasteiger partial charge on any atom is -1.00 e. The first kappa shape index (κ1) is 36.6. The predicted octanol–water partition coefficient (Wildman–Crippen LogP) is 2.78. The number of carbonyl (C=O) groups excluding carboxylic acids is 1. The van der Waals surface area contributed by atoms with Crippen molar-refractivity contribution in [1.82, 2.24) is 4.90 Å². The Morgan fingerprint density at radius 2 is 1.41 bits per heavy atom. The van der Waals surface area contributed by atoms with E-state index < -0.39 is 23.0 Å². The topological polar surface area (TPSA) is 79.2 Å². The molecule has 0 spiro atoms. The molecule has 2 N–H and O–H groups in total. The van der Waals surface area contributed by atoms with Gasteiger partial charge >= 0.3 is 0 Å². The second-order valence-electron chi connectivity index (χ2n) is 14.2. The van der Waals surface area contributed by atoms with Crippen molar-refractivity contribution >= 4 is 5.91 Å². The fourth-order valence-corrected chi connectivity index (χ4v) is 8.59. The number of amides is 1. The van der Waals surface area contributed by atoms with E-state index in [-0.39, 0.29) is 35.2 Å². The molecule has 4 atom stereocenters. The lowest BCUT2D eigenvalue weighted by Gasteiger charge is -2.55. The molecular weight excluding hydrogens is 680 g/mol. The van der Waals surface area contributed by atoms with Crippen LogP contribution in [0.25, 0.3) is 0 Å². The number of quaternary nitrogens is 1. The zero-order chi connectivity index (χ0) is 33.9. The molecule has 49 heavy (non-hydrogen) atoms. The molecule has 1 aliphatic heterocycles. The molecule has 1 aliphatic carbocycles. The Labute approximate surface area is 301 Å². The summed E-state index contributed by atoms with van der Waals surface area (Å²) >= 11 is 0. The molecule has 1 heterocycles. The molecule has 260 valence electrons. The normalized spacial score (nSPS) is 22.9. The van der Waals surface area contributed by atoms with E-state index in [0.29, 0.717) is 36.6 Å². The summed E-state index contributed by atoms with van der Waals surface area (Å²) < 4.78 is 12.1. The molecule has 0 aromatic heterocycles. The maximum absolute atomic E-state index is 14.1. The fourth-order valence-electron chi connectivity index (χ4n) is 8.59. The van der Waals surface area contributed by atoms with Crippen LogP contribution in [-0.2, 0) is 22.4 Å². The van der Waals surface area contributed by atoms with E-state index in [1.165, 1.54) is 5.56 Å². The van der Waals surface area contributed by atoms with Crippen LogP contribution in [0.4, 0.5) is 0 Å². The van der Waals surface area contributed by atoms with Crippen molar-refractivity contribution in [3.8, 4) is 11.5 Å². The monoisotopic (exact) mass is 728 g/mol. The van der Waals surface area contributed by atoms with E-state index in [1.807, 2.05) is 47.4 Å². The van der Waals surface area contributed by atoms with Crippen LogP contribution in [0.15, 0.2) is 109 Å². The molecule has 8 heteroatoms. The first-order valence-corrected chi connectivity index (χ1v) is 17.0. The summed E-state index contributed by atoms with van der Waals surface area (Å²) in [5.41, 5.74) is 1.56. The average molecular weight is 730 g/mol. The lowest BCUT2D eigenvalue weighted by Crippen LogP contribution is -3.00. The van der Waals surface area contributed by atoms with Crippen molar-refractivity contribution in [2.24, 2.45) is 11.8 Å². The van der Waals surface area contributed by atoms with E-state index in [0.717, 1.165) is 35.1 Å². The maximum Gasteiger partial charge on any atom is 0.222 e. The number of methoxy groups -OCH3 is 2. The standard InChI is InChI=1S/C41H49N2O5.BrH/c1-43(2,29-30-15-8-5-9-16-30)24-14-21-39(45)42-27-35-36(28-42)41(46,34-25-33(47-3)22-23-37(34)48-4)38(44)26-40(35,31-17-10-6-11-18-31)32-19-12-7-13-20-32;/h5-13,15-20,22-23,25,35-36,38,44,46H,14,21,24,26-29H2,1-4H3;1H/q+1;/p-1/t35-,36+,38-,41+;/m1./s1. The minimum atomic E-state index is -1.69. The van der Waals surface area contributed by atoms with Crippen molar-refractivity contribution in [3.63, 3.8) is 0 Å². The van der Waals surface area contributed by atoms with Gasteiger partial charge in [-0.05, 0) is 41.7 Å². The van der Waals surface area contributed by atoms with Gasteiger partial charge in [-0.2, -0.15) is 0 Å². The Balaban J connectivity index is 0.00000468. The van der Waals surface area contributed by atoms with Crippen molar-refractivity contribution in [3.05, 3.63) is 131 Å². The molecular formula is C41H49BrN2O5. The third-order valence-electron chi connectivity index (χ3n) is 10.9. The summed E-state index contributed by atoms with van der Waals surface area (Å²) in [6.45, 7) is 2.55. The van der Waals surface area contributed by atoms with Crippen LogP contribution >= 0.6 is 0 Å². The number of carbonyl (C=O) groups is 1. The first-order chi connectivity index (χ1) is 23.1. The Bertz CT molecular complexity index is 1650. The number of nitrogens with zero attached hydrogens (tertiary/aromatic N) is 2. The average Bonchev–Trinajstić information content (AvgIpc) is 3.58. The number of aliphatic hydroxyl groups is 2. The molecule has 0 bridgehead atoms. The second kappa shape index (κ2) is 15.1. The summed E-state index contributed by atoms with van der Waals surface area (Å²) in [6.07, 6.45) is 0.283. The maximum atomic E-state index is 14.1. The molecule has 6 rings (SSSR count). The van der Waals surface area contributed by atoms with Crippen LogP contribution in [0.2, 0.25) is 0 Å². The lowest BCUT2D eigenvalue weighted by molar-refractivity contribution is -0.903. The lowest BCUT2D eigenvalue weighted by atomic mass is 9.51. The van der Waals surface area contributed by atoms with E-state index in [2.05, 4.69) is 62.6 Å². The quantitative estimate of drug-likeness (QED) is 0.233. The van der Waals surface area contributed by atoms with Crippen LogP contribution < -0.4 is 26.5 Å². The van der Waals surface area contributed by atoms with E-state index in [4.69, 9.17) is 9.47 Å². The SMILES string of the molecule is COc1ccc(OC)c([C@@]2(O)[C@H](O)CC(c3ccccc3)(c3ccccc3)[C@@H]3CN(C(=O)CCC[N+](C)(C)Cc4ccccc4)C[C@@H]32)c1.[Br-]. The van der Waals surface area contributed by atoms with Crippen molar-refractivity contribution < 1.29 is 45.9 Å². The van der Waals surface area contributed by atoms with Gasteiger partial charge in [0, 0.05) is 48.4 Å². The number of hydrogen-bond acceptors (Lipinski definition) is 5. The van der Waals surface area contributed by atoms with Gasteiger partial charge in [0.25, 0.3) is 0 Å². The highest BCUT2D eigenvalue weighted by Gasteiger charge is 2.65. The van der Waals surface area contributed by atoms with Crippen LogP contribution in [0.3, 0.4) is 0 Å². The highest BCUT2D eigenvalue weighted by Crippen LogP contribution is 2.60. The summed E-state index contributed by atoms with van der Waals surface area (Å²) in [5, 5.41) is 25.2. The van der Waals surface area contributed by atoms with Gasteiger partial charge in [-0.15, -0.1) is 0 Å². The number of likely N-dealkylation sites (tertiary alicyclic amines) is 1. The third-order valence-corrected chi connectivity index (χ3v) is 10.9. The third kappa shape index (κ3) is 7.02. The molecule has 2 fully saturated rings. The Morgan fingerprint density at radius 3 is 1.98 bits per heavy atom. The van der Waals surface area contributed by atoms with Crippen molar-refractivity contribution in [1.29, 1.82) is 0 Å². The van der Waals surface area contributed by atoms with E-state index in [9.17, 15) is 15.0 Å². The number of ether oxygens (including phenoxy) is 2. The highest BCUT2D eigenvalue weighted by molar-refractivity contribution is 5.76. The van der Waals surface area contributed by atoms with Crippen LogP contribution in [-0.4, -0.2) is 79.6 Å². The van der Waals surface area contributed by atoms with Crippen molar-refractivity contribution in [2.45, 2.75) is 42.9 Å². The fraction of sp³-hybridized carbons (Fsp3) is 0.390.